The molecular weight excluding hydrogens is 285 g/mol. The molecule has 0 saturated heterocycles. The van der Waals surface area contributed by atoms with Crippen molar-refractivity contribution >= 4 is 11.8 Å². The smallest absolute Gasteiger partial charge is 0.131 e. The Balaban J connectivity index is 2.31. The Labute approximate surface area is 128 Å². The van der Waals surface area contributed by atoms with Gasteiger partial charge in [-0.1, -0.05) is 42.1 Å². The van der Waals surface area contributed by atoms with Crippen LogP contribution in [0.5, 0.6) is 0 Å². The number of hydrogen-bond donors (Lipinski definition) is 1. The van der Waals surface area contributed by atoms with Crippen LogP contribution in [0, 0.1) is 11.3 Å². The van der Waals surface area contributed by atoms with Crippen LogP contribution >= 0.6 is 11.8 Å². The molecule has 2 N–H and O–H groups in total. The quantitative estimate of drug-likeness (QED) is 0.828. The monoisotopic (exact) mass is 301 g/mol. The average Bonchev–Trinajstić information content (AvgIpc) is 2.55. The minimum Gasteiger partial charge on any atom is -0.330 e. The normalized spacial score (nSPS) is 11.9. The molecule has 1 aromatic carbocycles. The van der Waals surface area contributed by atoms with Crippen molar-refractivity contribution in [3.05, 3.63) is 59.3 Å². The zero-order valence-electron chi connectivity index (χ0n) is 11.5. The molecule has 0 amide bonds. The van der Waals surface area contributed by atoms with E-state index in [0.717, 1.165) is 12.0 Å². The summed E-state index contributed by atoms with van der Waals surface area (Å²) < 4.78 is 12.8. The van der Waals surface area contributed by atoms with E-state index in [2.05, 4.69) is 11.1 Å². The molecule has 0 aliphatic heterocycles. The molecule has 0 fully saturated rings. The van der Waals surface area contributed by atoms with Crippen molar-refractivity contribution in [2.75, 3.05) is 6.54 Å². The molecule has 2 rings (SSSR count). The third-order valence-electron chi connectivity index (χ3n) is 3.03. The molecular formula is C16H16FN3S. The molecule has 1 atom stereocenters. The van der Waals surface area contributed by atoms with Crippen LogP contribution in [-0.2, 0) is 6.67 Å². The summed E-state index contributed by atoms with van der Waals surface area (Å²) in [6, 6.07) is 15.2. The van der Waals surface area contributed by atoms with Crippen LogP contribution < -0.4 is 5.73 Å². The Bertz CT molecular complexity index is 625. The number of pyridine rings is 1. The lowest BCUT2D eigenvalue weighted by Crippen LogP contribution is -2.06. The summed E-state index contributed by atoms with van der Waals surface area (Å²) in [6.07, 6.45) is 0.765. The predicted octanol–water partition coefficient (Wildman–Crippen LogP) is 3.60. The fourth-order valence-corrected chi connectivity index (χ4v) is 3.20. The second kappa shape index (κ2) is 7.77. The second-order valence-corrected chi connectivity index (χ2v) is 5.69. The van der Waals surface area contributed by atoms with Crippen molar-refractivity contribution in [1.29, 1.82) is 5.26 Å². The largest absolute Gasteiger partial charge is 0.330 e. The van der Waals surface area contributed by atoms with Gasteiger partial charge in [0.25, 0.3) is 0 Å². The Morgan fingerprint density at radius 1 is 1.24 bits per heavy atom. The van der Waals surface area contributed by atoms with Gasteiger partial charge < -0.3 is 5.73 Å². The Hall–Kier alpha value is -1.90. The van der Waals surface area contributed by atoms with E-state index in [1.807, 2.05) is 30.3 Å². The molecule has 0 spiro atoms. The molecule has 3 nitrogen and oxygen atoms in total. The molecule has 0 radical (unpaired) electrons. The van der Waals surface area contributed by atoms with E-state index in [-0.39, 0.29) is 5.25 Å². The van der Waals surface area contributed by atoms with Gasteiger partial charge in [0.2, 0.25) is 0 Å². The van der Waals surface area contributed by atoms with Crippen molar-refractivity contribution in [3.63, 3.8) is 0 Å². The SMILES string of the molecule is N#Cc1ccc(CF)nc1S[C@H](CCN)c1ccccc1. The highest BCUT2D eigenvalue weighted by Crippen LogP contribution is 2.38. The number of nitriles is 1. The topological polar surface area (TPSA) is 62.7 Å². The van der Waals surface area contributed by atoms with Gasteiger partial charge in [0, 0.05) is 5.25 Å². The third-order valence-corrected chi connectivity index (χ3v) is 4.36. The lowest BCUT2D eigenvalue weighted by molar-refractivity contribution is 0.473. The molecule has 0 saturated carbocycles. The van der Waals surface area contributed by atoms with Crippen LogP contribution in [0.4, 0.5) is 4.39 Å². The maximum atomic E-state index is 12.8. The van der Waals surface area contributed by atoms with Gasteiger partial charge in [-0.2, -0.15) is 5.26 Å². The minimum absolute atomic E-state index is 0.102. The molecule has 0 aliphatic carbocycles. The number of halogens is 1. The summed E-state index contributed by atoms with van der Waals surface area (Å²) in [4.78, 5) is 4.23. The molecule has 5 heteroatoms. The minimum atomic E-state index is -0.633. The molecule has 21 heavy (non-hydrogen) atoms. The number of thioether (sulfide) groups is 1. The molecule has 2 aromatic rings. The maximum absolute atomic E-state index is 12.8. The summed E-state index contributed by atoms with van der Waals surface area (Å²) >= 11 is 1.47. The standard InChI is InChI=1S/C16H16FN3S/c17-10-14-7-6-13(11-19)16(20-14)21-15(8-9-18)12-4-2-1-3-5-12/h1-7,15H,8-10,18H2/t15-/m1/s1. The van der Waals surface area contributed by atoms with Crippen molar-refractivity contribution in [2.45, 2.75) is 23.4 Å². The Morgan fingerprint density at radius 2 is 2.00 bits per heavy atom. The fraction of sp³-hybridized carbons (Fsp3) is 0.250. The van der Waals surface area contributed by atoms with E-state index in [4.69, 9.17) is 5.73 Å². The average molecular weight is 301 g/mol. The van der Waals surface area contributed by atoms with Crippen molar-refractivity contribution < 1.29 is 4.39 Å². The zero-order chi connectivity index (χ0) is 15.1. The first kappa shape index (κ1) is 15.5. The van der Waals surface area contributed by atoms with Crippen LogP contribution in [0.3, 0.4) is 0 Å². The summed E-state index contributed by atoms with van der Waals surface area (Å²) in [5.41, 5.74) is 7.63. The first-order valence-corrected chi connectivity index (χ1v) is 7.54. The van der Waals surface area contributed by atoms with Crippen LogP contribution in [0.2, 0.25) is 0 Å². The maximum Gasteiger partial charge on any atom is 0.131 e. The molecule has 0 bridgehead atoms. The van der Waals surface area contributed by atoms with Gasteiger partial charge in [-0.05, 0) is 30.7 Å². The molecule has 0 aliphatic rings. The van der Waals surface area contributed by atoms with E-state index in [9.17, 15) is 9.65 Å². The van der Waals surface area contributed by atoms with Crippen LogP contribution in [0.1, 0.15) is 28.5 Å². The summed E-state index contributed by atoms with van der Waals surface area (Å²) in [5.74, 6) is 0. The zero-order valence-corrected chi connectivity index (χ0v) is 12.3. The fourth-order valence-electron chi connectivity index (χ4n) is 1.98. The number of benzene rings is 1. The van der Waals surface area contributed by atoms with Gasteiger partial charge in [-0.3, -0.25) is 0 Å². The van der Waals surface area contributed by atoms with Gasteiger partial charge >= 0.3 is 0 Å². The first-order valence-electron chi connectivity index (χ1n) is 6.66. The number of aromatic nitrogens is 1. The van der Waals surface area contributed by atoms with Crippen molar-refractivity contribution in [1.82, 2.24) is 4.98 Å². The first-order chi connectivity index (χ1) is 10.3. The summed E-state index contributed by atoms with van der Waals surface area (Å²) in [6.45, 7) is -0.0938. The number of alkyl halides is 1. The van der Waals surface area contributed by atoms with E-state index in [1.54, 1.807) is 12.1 Å². The lowest BCUT2D eigenvalue weighted by atomic mass is 10.1. The summed E-state index contributed by atoms with van der Waals surface area (Å²) in [5, 5.41) is 9.84. The lowest BCUT2D eigenvalue weighted by Gasteiger charge is -2.16. The van der Waals surface area contributed by atoms with Crippen LogP contribution in [-0.4, -0.2) is 11.5 Å². The number of rotatable bonds is 6. The predicted molar refractivity (Wildman–Crippen MR) is 82.5 cm³/mol. The highest BCUT2D eigenvalue weighted by Gasteiger charge is 2.16. The highest BCUT2D eigenvalue weighted by molar-refractivity contribution is 7.99. The van der Waals surface area contributed by atoms with Gasteiger partial charge in [0.05, 0.1) is 11.3 Å². The molecule has 0 unspecified atom stereocenters. The number of hydrogen-bond acceptors (Lipinski definition) is 4. The second-order valence-electron chi connectivity index (χ2n) is 4.50. The van der Waals surface area contributed by atoms with Gasteiger partial charge in [-0.15, -0.1) is 0 Å². The van der Waals surface area contributed by atoms with Crippen LogP contribution in [0.15, 0.2) is 47.5 Å². The Kier molecular flexibility index (Phi) is 5.73. The van der Waals surface area contributed by atoms with Gasteiger partial charge in [0.15, 0.2) is 0 Å². The van der Waals surface area contributed by atoms with E-state index < -0.39 is 6.67 Å². The van der Waals surface area contributed by atoms with E-state index in [1.165, 1.54) is 11.8 Å². The number of nitrogens with zero attached hydrogens (tertiary/aromatic N) is 2. The van der Waals surface area contributed by atoms with Crippen molar-refractivity contribution in [3.8, 4) is 6.07 Å². The molecule has 1 aromatic heterocycles. The van der Waals surface area contributed by atoms with E-state index in [0.29, 0.717) is 22.8 Å². The molecule has 1 heterocycles. The van der Waals surface area contributed by atoms with Crippen LogP contribution in [0.25, 0.3) is 0 Å². The summed E-state index contributed by atoms with van der Waals surface area (Å²) in [7, 11) is 0. The molecule has 108 valence electrons. The van der Waals surface area contributed by atoms with Crippen molar-refractivity contribution in [2.24, 2.45) is 5.73 Å². The van der Waals surface area contributed by atoms with Gasteiger partial charge in [0.1, 0.15) is 17.8 Å². The van der Waals surface area contributed by atoms with Gasteiger partial charge in [-0.25, -0.2) is 9.37 Å². The number of nitrogens with two attached hydrogens (primary N) is 1. The Morgan fingerprint density at radius 3 is 2.62 bits per heavy atom. The third kappa shape index (κ3) is 4.03. The van der Waals surface area contributed by atoms with E-state index >= 15 is 0 Å². The highest BCUT2D eigenvalue weighted by atomic mass is 32.2.